The second-order valence-corrected chi connectivity index (χ2v) is 4.56. The molecule has 0 bridgehead atoms. The van der Waals surface area contributed by atoms with Crippen molar-refractivity contribution in [1.29, 1.82) is 0 Å². The lowest BCUT2D eigenvalue weighted by molar-refractivity contribution is 0.0940. The Morgan fingerprint density at radius 2 is 1.74 bits per heavy atom. The summed E-state index contributed by atoms with van der Waals surface area (Å²) in [6, 6.07) is 13.4. The van der Waals surface area contributed by atoms with E-state index in [-0.39, 0.29) is 17.8 Å². The fraction of sp³-hybridized carbons (Fsp3) is 0.188. The Morgan fingerprint density at radius 1 is 1.11 bits per heavy atom. The van der Waals surface area contributed by atoms with Crippen LogP contribution in [0.1, 0.15) is 34.5 Å². The zero-order chi connectivity index (χ0) is 13.8. The van der Waals surface area contributed by atoms with Crippen molar-refractivity contribution in [2.24, 2.45) is 0 Å². The van der Waals surface area contributed by atoms with E-state index in [1.807, 2.05) is 38.1 Å². The molecule has 0 aromatic heterocycles. The molecule has 2 aromatic rings. The summed E-state index contributed by atoms with van der Waals surface area (Å²) in [4.78, 5) is 12.0. The van der Waals surface area contributed by atoms with E-state index in [1.54, 1.807) is 0 Å². The molecule has 0 saturated heterocycles. The van der Waals surface area contributed by atoms with E-state index in [4.69, 9.17) is 0 Å². The number of hydrogen-bond donors (Lipinski definition) is 1. The molecule has 0 fully saturated rings. The Bertz CT molecular complexity index is 578. The van der Waals surface area contributed by atoms with E-state index in [0.29, 0.717) is 5.56 Å². The fourth-order valence-electron chi connectivity index (χ4n) is 2.03. The van der Waals surface area contributed by atoms with Crippen molar-refractivity contribution < 1.29 is 9.18 Å². The van der Waals surface area contributed by atoms with Gasteiger partial charge in [0.25, 0.3) is 5.91 Å². The van der Waals surface area contributed by atoms with Crippen molar-refractivity contribution in [2.45, 2.75) is 19.9 Å². The molecule has 1 unspecified atom stereocenters. The summed E-state index contributed by atoms with van der Waals surface area (Å²) in [6.45, 7) is 3.94. The van der Waals surface area contributed by atoms with Gasteiger partial charge in [-0.1, -0.05) is 24.3 Å². The highest BCUT2D eigenvalue weighted by atomic mass is 19.1. The average molecular weight is 257 g/mol. The van der Waals surface area contributed by atoms with Crippen LogP contribution in [-0.2, 0) is 0 Å². The fourth-order valence-corrected chi connectivity index (χ4v) is 2.03. The molecule has 2 nitrogen and oxygen atoms in total. The van der Waals surface area contributed by atoms with Crippen LogP contribution >= 0.6 is 0 Å². The monoisotopic (exact) mass is 257 g/mol. The maximum atomic E-state index is 12.8. The molecule has 0 aliphatic rings. The molecule has 98 valence electrons. The minimum atomic E-state index is -0.344. The standard InChI is InChI=1S/C16H16FNO/c1-11-5-3-4-6-15(11)12(2)18-16(19)13-7-9-14(17)10-8-13/h3-10,12H,1-2H3,(H,18,19). The van der Waals surface area contributed by atoms with Gasteiger partial charge in [-0.2, -0.15) is 0 Å². The summed E-state index contributed by atoms with van der Waals surface area (Å²) in [7, 11) is 0. The van der Waals surface area contributed by atoms with Crippen molar-refractivity contribution in [3.8, 4) is 0 Å². The molecule has 0 aliphatic carbocycles. The molecule has 0 spiro atoms. The maximum absolute atomic E-state index is 12.8. The number of amides is 1. The smallest absolute Gasteiger partial charge is 0.251 e. The van der Waals surface area contributed by atoms with Crippen LogP contribution in [0, 0.1) is 12.7 Å². The molecule has 2 rings (SSSR count). The van der Waals surface area contributed by atoms with Gasteiger partial charge in [0.15, 0.2) is 0 Å². The van der Waals surface area contributed by atoms with Gasteiger partial charge in [-0.3, -0.25) is 4.79 Å². The Morgan fingerprint density at radius 3 is 2.37 bits per heavy atom. The molecule has 2 aromatic carbocycles. The third-order valence-electron chi connectivity index (χ3n) is 3.11. The number of carbonyl (C=O) groups excluding carboxylic acids is 1. The summed E-state index contributed by atoms with van der Waals surface area (Å²) < 4.78 is 12.8. The summed E-state index contributed by atoms with van der Waals surface area (Å²) in [5.74, 6) is -0.542. The van der Waals surface area contributed by atoms with Gasteiger partial charge in [-0.15, -0.1) is 0 Å². The van der Waals surface area contributed by atoms with Gasteiger partial charge in [0.05, 0.1) is 6.04 Å². The van der Waals surface area contributed by atoms with Crippen molar-refractivity contribution in [3.05, 3.63) is 71.0 Å². The van der Waals surface area contributed by atoms with Crippen LogP contribution in [0.3, 0.4) is 0 Å². The molecule has 0 saturated carbocycles. The highest BCUT2D eigenvalue weighted by molar-refractivity contribution is 5.94. The number of hydrogen-bond acceptors (Lipinski definition) is 1. The largest absolute Gasteiger partial charge is 0.346 e. The van der Waals surface area contributed by atoms with Gasteiger partial charge in [0.1, 0.15) is 5.82 Å². The van der Waals surface area contributed by atoms with E-state index in [9.17, 15) is 9.18 Å². The minimum Gasteiger partial charge on any atom is -0.346 e. The Balaban J connectivity index is 2.11. The first-order chi connectivity index (χ1) is 9.08. The van der Waals surface area contributed by atoms with Crippen LogP contribution in [0.2, 0.25) is 0 Å². The molecular weight excluding hydrogens is 241 g/mol. The van der Waals surface area contributed by atoms with Gasteiger partial charge in [0, 0.05) is 5.56 Å². The minimum absolute atomic E-state index is 0.0845. The average Bonchev–Trinajstić information content (AvgIpc) is 2.39. The van der Waals surface area contributed by atoms with E-state index < -0.39 is 0 Å². The summed E-state index contributed by atoms with van der Waals surface area (Å²) in [6.07, 6.45) is 0. The van der Waals surface area contributed by atoms with Crippen LogP contribution in [0.25, 0.3) is 0 Å². The zero-order valence-electron chi connectivity index (χ0n) is 11.0. The molecule has 1 amide bonds. The topological polar surface area (TPSA) is 29.1 Å². The number of benzene rings is 2. The summed E-state index contributed by atoms with van der Waals surface area (Å²) in [5.41, 5.74) is 2.68. The van der Waals surface area contributed by atoms with Gasteiger partial charge < -0.3 is 5.32 Å². The number of rotatable bonds is 3. The predicted octanol–water partition coefficient (Wildman–Crippen LogP) is 3.63. The second kappa shape index (κ2) is 5.65. The van der Waals surface area contributed by atoms with E-state index in [2.05, 4.69) is 5.32 Å². The van der Waals surface area contributed by atoms with Crippen molar-refractivity contribution >= 4 is 5.91 Å². The summed E-state index contributed by atoms with van der Waals surface area (Å²) >= 11 is 0. The van der Waals surface area contributed by atoms with E-state index in [0.717, 1.165) is 11.1 Å². The number of carbonyl (C=O) groups is 1. The molecule has 0 radical (unpaired) electrons. The number of aryl methyl sites for hydroxylation is 1. The predicted molar refractivity (Wildman–Crippen MR) is 73.5 cm³/mol. The lowest BCUT2D eigenvalue weighted by Gasteiger charge is -2.16. The molecule has 19 heavy (non-hydrogen) atoms. The highest BCUT2D eigenvalue weighted by Gasteiger charge is 2.12. The van der Waals surface area contributed by atoms with Crippen LogP contribution < -0.4 is 5.32 Å². The van der Waals surface area contributed by atoms with E-state index >= 15 is 0 Å². The Kier molecular flexibility index (Phi) is 3.95. The van der Waals surface area contributed by atoms with Crippen LogP contribution in [0.15, 0.2) is 48.5 Å². The third-order valence-corrected chi connectivity index (χ3v) is 3.11. The van der Waals surface area contributed by atoms with Crippen LogP contribution in [-0.4, -0.2) is 5.91 Å². The lowest BCUT2D eigenvalue weighted by Crippen LogP contribution is -2.27. The normalized spacial score (nSPS) is 11.9. The third kappa shape index (κ3) is 3.19. The first-order valence-corrected chi connectivity index (χ1v) is 6.20. The Labute approximate surface area is 112 Å². The number of halogens is 1. The van der Waals surface area contributed by atoms with Gasteiger partial charge in [-0.05, 0) is 49.2 Å². The molecule has 0 aliphatic heterocycles. The summed E-state index contributed by atoms with van der Waals surface area (Å²) in [5, 5.41) is 2.91. The van der Waals surface area contributed by atoms with E-state index in [1.165, 1.54) is 24.3 Å². The highest BCUT2D eigenvalue weighted by Crippen LogP contribution is 2.17. The molecule has 1 atom stereocenters. The van der Waals surface area contributed by atoms with Gasteiger partial charge in [-0.25, -0.2) is 4.39 Å². The molecular formula is C16H16FNO. The molecule has 3 heteroatoms. The lowest BCUT2D eigenvalue weighted by atomic mass is 10.0. The SMILES string of the molecule is Cc1ccccc1C(C)NC(=O)c1ccc(F)cc1. The first kappa shape index (κ1) is 13.3. The van der Waals surface area contributed by atoms with Crippen LogP contribution in [0.4, 0.5) is 4.39 Å². The van der Waals surface area contributed by atoms with Gasteiger partial charge in [0.2, 0.25) is 0 Å². The van der Waals surface area contributed by atoms with Crippen molar-refractivity contribution in [2.75, 3.05) is 0 Å². The maximum Gasteiger partial charge on any atom is 0.251 e. The molecule has 0 heterocycles. The zero-order valence-corrected chi connectivity index (χ0v) is 11.0. The molecule has 1 N–H and O–H groups in total. The van der Waals surface area contributed by atoms with Gasteiger partial charge >= 0.3 is 0 Å². The first-order valence-electron chi connectivity index (χ1n) is 6.20. The van der Waals surface area contributed by atoms with Crippen LogP contribution in [0.5, 0.6) is 0 Å². The second-order valence-electron chi connectivity index (χ2n) is 4.56. The Hall–Kier alpha value is -2.16. The van der Waals surface area contributed by atoms with Crippen molar-refractivity contribution in [3.63, 3.8) is 0 Å². The number of nitrogens with one attached hydrogen (secondary N) is 1. The quantitative estimate of drug-likeness (QED) is 0.893. The van der Waals surface area contributed by atoms with Crippen molar-refractivity contribution in [1.82, 2.24) is 5.32 Å².